The standard InChI is InChI=1S/C12H16O2/c1-9-5-2-3-7-11(9)14-12-8-4-6-10(12)13/h2-3,5,7,10,12-13H,4,6,8H2,1H3/t10-,12-/m1/s1. The van der Waals surface area contributed by atoms with Crippen molar-refractivity contribution in [2.45, 2.75) is 38.4 Å². The number of aliphatic hydroxyl groups is 1. The number of aliphatic hydroxyl groups excluding tert-OH is 1. The van der Waals surface area contributed by atoms with Crippen molar-refractivity contribution < 1.29 is 9.84 Å². The Labute approximate surface area is 84.5 Å². The van der Waals surface area contributed by atoms with Crippen LogP contribution in [0.1, 0.15) is 24.8 Å². The molecule has 76 valence electrons. The fraction of sp³-hybridized carbons (Fsp3) is 0.500. The summed E-state index contributed by atoms with van der Waals surface area (Å²) < 4.78 is 5.77. The summed E-state index contributed by atoms with van der Waals surface area (Å²) in [7, 11) is 0. The van der Waals surface area contributed by atoms with Gasteiger partial charge in [0.05, 0.1) is 6.10 Å². The third-order valence-corrected chi connectivity index (χ3v) is 2.79. The SMILES string of the molecule is Cc1ccccc1O[C@@H]1CCC[C@H]1O. The maximum absolute atomic E-state index is 9.62. The molecule has 0 radical (unpaired) electrons. The van der Waals surface area contributed by atoms with Crippen LogP contribution in [0.25, 0.3) is 0 Å². The first-order chi connectivity index (χ1) is 6.77. The fourth-order valence-corrected chi connectivity index (χ4v) is 1.90. The Morgan fingerprint density at radius 2 is 2.07 bits per heavy atom. The summed E-state index contributed by atoms with van der Waals surface area (Å²) in [5.41, 5.74) is 1.13. The van der Waals surface area contributed by atoms with Crippen molar-refractivity contribution in [3.8, 4) is 5.75 Å². The van der Waals surface area contributed by atoms with Gasteiger partial charge in [-0.1, -0.05) is 18.2 Å². The van der Waals surface area contributed by atoms with Crippen molar-refractivity contribution >= 4 is 0 Å². The van der Waals surface area contributed by atoms with Crippen LogP contribution < -0.4 is 4.74 Å². The smallest absolute Gasteiger partial charge is 0.124 e. The number of para-hydroxylation sites is 1. The van der Waals surface area contributed by atoms with E-state index in [1.165, 1.54) is 0 Å². The summed E-state index contributed by atoms with van der Waals surface area (Å²) in [6.07, 6.45) is 2.62. The Morgan fingerprint density at radius 3 is 2.71 bits per heavy atom. The summed E-state index contributed by atoms with van der Waals surface area (Å²) in [6, 6.07) is 7.94. The lowest BCUT2D eigenvalue weighted by molar-refractivity contribution is 0.0600. The normalized spacial score (nSPS) is 26.4. The van der Waals surface area contributed by atoms with Crippen molar-refractivity contribution in [2.24, 2.45) is 0 Å². The highest BCUT2D eigenvalue weighted by molar-refractivity contribution is 5.32. The van der Waals surface area contributed by atoms with Crippen molar-refractivity contribution in [3.63, 3.8) is 0 Å². The van der Waals surface area contributed by atoms with E-state index in [2.05, 4.69) is 0 Å². The van der Waals surface area contributed by atoms with Crippen LogP contribution in [0.3, 0.4) is 0 Å². The van der Waals surface area contributed by atoms with Gasteiger partial charge in [-0.15, -0.1) is 0 Å². The van der Waals surface area contributed by atoms with Crippen LogP contribution in [0.4, 0.5) is 0 Å². The molecule has 0 unspecified atom stereocenters. The Kier molecular flexibility index (Phi) is 2.73. The summed E-state index contributed by atoms with van der Waals surface area (Å²) in [5.74, 6) is 0.901. The highest BCUT2D eigenvalue weighted by atomic mass is 16.5. The van der Waals surface area contributed by atoms with Gasteiger partial charge in [0.25, 0.3) is 0 Å². The maximum Gasteiger partial charge on any atom is 0.124 e. The Bertz CT molecular complexity index is 309. The van der Waals surface area contributed by atoms with E-state index in [1.54, 1.807) is 0 Å². The van der Waals surface area contributed by atoms with Gasteiger partial charge in [0.15, 0.2) is 0 Å². The highest BCUT2D eigenvalue weighted by Crippen LogP contribution is 2.26. The minimum atomic E-state index is -0.283. The zero-order valence-corrected chi connectivity index (χ0v) is 8.44. The fourth-order valence-electron chi connectivity index (χ4n) is 1.90. The van der Waals surface area contributed by atoms with Gasteiger partial charge in [0, 0.05) is 0 Å². The van der Waals surface area contributed by atoms with E-state index in [9.17, 15) is 5.11 Å². The molecule has 2 nitrogen and oxygen atoms in total. The van der Waals surface area contributed by atoms with E-state index >= 15 is 0 Å². The third kappa shape index (κ3) is 1.90. The highest BCUT2D eigenvalue weighted by Gasteiger charge is 2.27. The first-order valence-corrected chi connectivity index (χ1v) is 5.18. The molecule has 0 heterocycles. The van der Waals surface area contributed by atoms with Gasteiger partial charge in [-0.05, 0) is 37.8 Å². The molecule has 2 rings (SSSR count). The molecule has 1 aromatic rings. The van der Waals surface area contributed by atoms with Crippen LogP contribution in [0, 0.1) is 6.92 Å². The molecular formula is C12H16O2. The van der Waals surface area contributed by atoms with Crippen molar-refractivity contribution in [1.82, 2.24) is 0 Å². The van der Waals surface area contributed by atoms with Crippen LogP contribution in [0.15, 0.2) is 24.3 Å². The summed E-state index contributed by atoms with van der Waals surface area (Å²) >= 11 is 0. The van der Waals surface area contributed by atoms with Crippen molar-refractivity contribution in [1.29, 1.82) is 0 Å². The van der Waals surface area contributed by atoms with Gasteiger partial charge in [0.2, 0.25) is 0 Å². The second-order valence-electron chi connectivity index (χ2n) is 3.92. The molecule has 0 spiro atoms. The Morgan fingerprint density at radius 1 is 1.29 bits per heavy atom. The summed E-state index contributed by atoms with van der Waals surface area (Å²) in [5, 5.41) is 9.62. The van der Waals surface area contributed by atoms with Crippen molar-refractivity contribution in [3.05, 3.63) is 29.8 Å². The van der Waals surface area contributed by atoms with Gasteiger partial charge in [-0.3, -0.25) is 0 Å². The lowest BCUT2D eigenvalue weighted by Crippen LogP contribution is -2.25. The second-order valence-corrected chi connectivity index (χ2v) is 3.92. The number of benzene rings is 1. The van der Waals surface area contributed by atoms with E-state index in [0.29, 0.717) is 0 Å². The van der Waals surface area contributed by atoms with Crippen LogP contribution in [-0.2, 0) is 0 Å². The first kappa shape index (κ1) is 9.53. The number of hydrogen-bond donors (Lipinski definition) is 1. The molecule has 1 saturated carbocycles. The topological polar surface area (TPSA) is 29.5 Å². The molecule has 1 aliphatic rings. The lowest BCUT2D eigenvalue weighted by Gasteiger charge is -2.18. The molecule has 1 aliphatic carbocycles. The number of rotatable bonds is 2. The predicted octanol–water partition coefficient (Wildman–Crippen LogP) is 2.29. The Balaban J connectivity index is 2.07. The van der Waals surface area contributed by atoms with Crippen LogP contribution in [0.5, 0.6) is 5.75 Å². The summed E-state index contributed by atoms with van der Waals surface area (Å²) in [6.45, 7) is 2.02. The molecule has 2 heteroatoms. The molecule has 1 aromatic carbocycles. The van der Waals surface area contributed by atoms with E-state index in [4.69, 9.17) is 4.74 Å². The van der Waals surface area contributed by atoms with Crippen LogP contribution >= 0.6 is 0 Å². The third-order valence-electron chi connectivity index (χ3n) is 2.79. The average Bonchev–Trinajstić information content (AvgIpc) is 2.56. The van der Waals surface area contributed by atoms with Gasteiger partial charge in [-0.25, -0.2) is 0 Å². The molecule has 0 saturated heterocycles. The largest absolute Gasteiger partial charge is 0.487 e. The van der Waals surface area contributed by atoms with E-state index in [0.717, 1.165) is 30.6 Å². The number of hydrogen-bond acceptors (Lipinski definition) is 2. The first-order valence-electron chi connectivity index (χ1n) is 5.18. The number of aryl methyl sites for hydroxylation is 1. The van der Waals surface area contributed by atoms with Crippen molar-refractivity contribution in [2.75, 3.05) is 0 Å². The second kappa shape index (κ2) is 4.01. The molecule has 2 atom stereocenters. The van der Waals surface area contributed by atoms with E-state index in [1.807, 2.05) is 31.2 Å². The van der Waals surface area contributed by atoms with Gasteiger partial charge >= 0.3 is 0 Å². The molecule has 0 bridgehead atoms. The van der Waals surface area contributed by atoms with Gasteiger partial charge in [-0.2, -0.15) is 0 Å². The zero-order valence-electron chi connectivity index (χ0n) is 8.44. The maximum atomic E-state index is 9.62. The molecular weight excluding hydrogens is 176 g/mol. The molecule has 0 aromatic heterocycles. The quantitative estimate of drug-likeness (QED) is 0.779. The molecule has 0 amide bonds. The molecule has 0 aliphatic heterocycles. The monoisotopic (exact) mass is 192 g/mol. The minimum Gasteiger partial charge on any atom is -0.487 e. The average molecular weight is 192 g/mol. The lowest BCUT2D eigenvalue weighted by atomic mass is 10.2. The van der Waals surface area contributed by atoms with E-state index in [-0.39, 0.29) is 12.2 Å². The predicted molar refractivity (Wildman–Crippen MR) is 55.5 cm³/mol. The molecule has 1 fully saturated rings. The van der Waals surface area contributed by atoms with Gasteiger partial charge < -0.3 is 9.84 Å². The Hall–Kier alpha value is -1.02. The van der Waals surface area contributed by atoms with Crippen LogP contribution in [0.2, 0.25) is 0 Å². The zero-order chi connectivity index (χ0) is 9.97. The van der Waals surface area contributed by atoms with Gasteiger partial charge in [0.1, 0.15) is 11.9 Å². The van der Waals surface area contributed by atoms with Crippen LogP contribution in [-0.4, -0.2) is 17.3 Å². The summed E-state index contributed by atoms with van der Waals surface area (Å²) in [4.78, 5) is 0. The molecule has 14 heavy (non-hydrogen) atoms. The number of ether oxygens (including phenoxy) is 1. The molecule has 1 N–H and O–H groups in total. The minimum absolute atomic E-state index is 0.00361. The van der Waals surface area contributed by atoms with E-state index < -0.39 is 0 Å².